The lowest BCUT2D eigenvalue weighted by molar-refractivity contribution is -0.113. The van der Waals surface area contributed by atoms with Gasteiger partial charge in [0.25, 0.3) is 11.8 Å². The Hall–Kier alpha value is -3.76. The van der Waals surface area contributed by atoms with Crippen LogP contribution in [0.2, 0.25) is 5.15 Å². The molecule has 0 aromatic carbocycles. The van der Waals surface area contributed by atoms with Crippen LogP contribution in [0.5, 0.6) is 0 Å². The van der Waals surface area contributed by atoms with Gasteiger partial charge in [0, 0.05) is 37.4 Å². The van der Waals surface area contributed by atoms with Crippen LogP contribution in [-0.4, -0.2) is 62.8 Å². The Bertz CT molecular complexity index is 1250. The molecule has 0 saturated carbocycles. The molecule has 3 aromatic rings. The van der Waals surface area contributed by atoms with Gasteiger partial charge in [-0.15, -0.1) is 0 Å². The van der Waals surface area contributed by atoms with Crippen molar-refractivity contribution in [1.29, 1.82) is 0 Å². The van der Waals surface area contributed by atoms with Gasteiger partial charge in [-0.05, 0) is 42.9 Å². The molecule has 4 rings (SSSR count). The zero-order chi connectivity index (χ0) is 24.9. The van der Waals surface area contributed by atoms with Crippen LogP contribution in [0.15, 0.2) is 36.8 Å². The zero-order valence-electron chi connectivity index (χ0n) is 19.6. The SMILES string of the molecule is CCN(CC)CCNC(=O)c1c[nH]c(/C=C2/C(=O)N(Cc3ccncc3)c3nc(N)nc(Cl)c32)c1. The Morgan fingerprint density at radius 3 is 2.71 bits per heavy atom. The molecule has 1 aliphatic rings. The molecule has 0 bridgehead atoms. The second-order valence-electron chi connectivity index (χ2n) is 8.00. The first-order chi connectivity index (χ1) is 16.9. The number of halogens is 1. The minimum atomic E-state index is -0.293. The smallest absolute Gasteiger partial charge is 0.260 e. The number of hydrogen-bond acceptors (Lipinski definition) is 7. The Labute approximate surface area is 208 Å². The molecular formula is C24H27ClN8O2. The number of rotatable bonds is 9. The Morgan fingerprint density at radius 2 is 2.00 bits per heavy atom. The Balaban J connectivity index is 1.58. The summed E-state index contributed by atoms with van der Waals surface area (Å²) in [7, 11) is 0. The van der Waals surface area contributed by atoms with Gasteiger partial charge >= 0.3 is 0 Å². The maximum Gasteiger partial charge on any atom is 0.260 e. The van der Waals surface area contributed by atoms with Crippen LogP contribution in [0.1, 0.15) is 41.0 Å². The first kappa shape index (κ1) is 24.4. The molecule has 1 aliphatic heterocycles. The molecule has 0 spiro atoms. The van der Waals surface area contributed by atoms with Crippen LogP contribution in [-0.2, 0) is 11.3 Å². The van der Waals surface area contributed by atoms with Crippen molar-refractivity contribution in [3.63, 3.8) is 0 Å². The van der Waals surface area contributed by atoms with Crippen molar-refractivity contribution >= 4 is 46.8 Å². The van der Waals surface area contributed by atoms with E-state index in [1.807, 2.05) is 12.1 Å². The molecule has 0 fully saturated rings. The highest BCUT2D eigenvalue weighted by Crippen LogP contribution is 2.41. The quantitative estimate of drug-likeness (QED) is 0.307. The van der Waals surface area contributed by atoms with E-state index in [4.69, 9.17) is 17.3 Å². The number of anilines is 2. The Morgan fingerprint density at radius 1 is 1.26 bits per heavy atom. The number of aromatic nitrogens is 4. The lowest BCUT2D eigenvalue weighted by Crippen LogP contribution is -2.34. The summed E-state index contributed by atoms with van der Waals surface area (Å²) < 4.78 is 0. The molecule has 10 nitrogen and oxygen atoms in total. The van der Waals surface area contributed by atoms with Gasteiger partial charge in [-0.3, -0.25) is 19.5 Å². The van der Waals surface area contributed by atoms with Crippen LogP contribution in [0.4, 0.5) is 11.8 Å². The van der Waals surface area contributed by atoms with Gasteiger partial charge in [-0.25, -0.2) is 4.98 Å². The van der Waals surface area contributed by atoms with Gasteiger partial charge in [0.1, 0.15) is 5.15 Å². The van der Waals surface area contributed by atoms with Crippen molar-refractivity contribution in [3.05, 3.63) is 64.3 Å². The average Bonchev–Trinajstić information content (AvgIpc) is 3.42. The van der Waals surface area contributed by atoms with E-state index >= 15 is 0 Å². The van der Waals surface area contributed by atoms with E-state index < -0.39 is 0 Å². The zero-order valence-corrected chi connectivity index (χ0v) is 20.3. The molecule has 0 radical (unpaired) electrons. The van der Waals surface area contributed by atoms with E-state index in [0.717, 1.165) is 25.2 Å². The third-order valence-corrected chi connectivity index (χ3v) is 6.10. The molecule has 0 saturated heterocycles. The van der Waals surface area contributed by atoms with E-state index in [-0.39, 0.29) is 29.5 Å². The van der Waals surface area contributed by atoms with Crippen LogP contribution in [0.25, 0.3) is 11.6 Å². The summed E-state index contributed by atoms with van der Waals surface area (Å²) in [4.78, 5) is 45.1. The first-order valence-corrected chi connectivity index (χ1v) is 11.7. The average molecular weight is 495 g/mol. The van der Waals surface area contributed by atoms with Crippen molar-refractivity contribution in [2.75, 3.05) is 36.8 Å². The third kappa shape index (κ3) is 5.33. The minimum Gasteiger partial charge on any atom is -0.368 e. The molecule has 4 N–H and O–H groups in total. The first-order valence-electron chi connectivity index (χ1n) is 11.4. The molecule has 2 amide bonds. The maximum absolute atomic E-state index is 13.4. The van der Waals surface area contributed by atoms with Crippen molar-refractivity contribution in [2.24, 2.45) is 0 Å². The summed E-state index contributed by atoms with van der Waals surface area (Å²) in [6, 6.07) is 5.32. The fraction of sp³-hybridized carbons (Fsp3) is 0.292. The fourth-order valence-electron chi connectivity index (χ4n) is 3.92. The second kappa shape index (κ2) is 10.7. The number of aromatic amines is 1. The molecule has 4 heterocycles. The number of carbonyl (C=O) groups excluding carboxylic acids is 2. The minimum absolute atomic E-state index is 0.0222. The number of amides is 2. The van der Waals surface area contributed by atoms with Crippen molar-refractivity contribution in [1.82, 2.24) is 30.2 Å². The van der Waals surface area contributed by atoms with Crippen molar-refractivity contribution in [3.8, 4) is 0 Å². The predicted molar refractivity (Wildman–Crippen MR) is 136 cm³/mol. The summed E-state index contributed by atoms with van der Waals surface area (Å²) in [6.45, 7) is 7.63. The number of likely N-dealkylation sites (N-methyl/N-ethyl adjacent to an activating group) is 1. The number of fused-ring (bicyclic) bond motifs is 1. The van der Waals surface area contributed by atoms with Gasteiger partial charge in [0.2, 0.25) is 5.95 Å². The van der Waals surface area contributed by atoms with E-state index in [2.05, 4.69) is 44.0 Å². The lowest BCUT2D eigenvalue weighted by Gasteiger charge is -2.17. The van der Waals surface area contributed by atoms with Gasteiger partial charge in [0.15, 0.2) is 5.82 Å². The van der Waals surface area contributed by atoms with Gasteiger partial charge in [0.05, 0.1) is 23.2 Å². The maximum atomic E-state index is 13.4. The summed E-state index contributed by atoms with van der Waals surface area (Å²) in [5, 5.41) is 3.01. The van der Waals surface area contributed by atoms with E-state index in [1.165, 1.54) is 4.90 Å². The van der Waals surface area contributed by atoms with E-state index in [9.17, 15) is 9.59 Å². The fourth-order valence-corrected chi connectivity index (χ4v) is 4.19. The monoisotopic (exact) mass is 494 g/mol. The summed E-state index contributed by atoms with van der Waals surface area (Å²) in [5.74, 6) is -0.161. The number of H-pyrrole nitrogens is 1. The number of carbonyl (C=O) groups is 2. The van der Waals surface area contributed by atoms with Crippen LogP contribution >= 0.6 is 11.6 Å². The van der Waals surface area contributed by atoms with E-state index in [0.29, 0.717) is 34.8 Å². The molecule has 182 valence electrons. The number of nitrogens with zero attached hydrogens (tertiary/aromatic N) is 5. The lowest BCUT2D eigenvalue weighted by atomic mass is 10.1. The van der Waals surface area contributed by atoms with Crippen molar-refractivity contribution < 1.29 is 9.59 Å². The standard InChI is InChI=1S/C24H27ClN8O2/c1-3-32(4-2)10-9-28-22(34)16-11-17(29-13-16)12-18-19-20(25)30-24(26)31-21(19)33(23(18)35)14-15-5-7-27-8-6-15/h5-8,11-13,29H,3-4,9-10,14H2,1-2H3,(H,28,34)(H2,26,30,31)/b18-12+. The van der Waals surface area contributed by atoms with Gasteiger partial charge in [-0.2, -0.15) is 4.98 Å². The van der Waals surface area contributed by atoms with Gasteiger partial charge in [-0.1, -0.05) is 25.4 Å². The molecule has 35 heavy (non-hydrogen) atoms. The normalized spacial score (nSPS) is 14.1. The van der Waals surface area contributed by atoms with Crippen LogP contribution < -0.4 is 16.0 Å². The topological polar surface area (TPSA) is 133 Å². The number of pyridine rings is 1. The van der Waals surface area contributed by atoms with Crippen LogP contribution in [0, 0.1) is 0 Å². The number of nitrogens with one attached hydrogen (secondary N) is 2. The number of nitrogens with two attached hydrogens (primary N) is 1. The van der Waals surface area contributed by atoms with Crippen molar-refractivity contribution in [2.45, 2.75) is 20.4 Å². The van der Waals surface area contributed by atoms with Gasteiger partial charge < -0.3 is 20.9 Å². The van der Waals surface area contributed by atoms with Crippen LogP contribution in [0.3, 0.4) is 0 Å². The summed E-state index contributed by atoms with van der Waals surface area (Å²) >= 11 is 6.39. The Kier molecular flexibility index (Phi) is 7.42. The second-order valence-corrected chi connectivity index (χ2v) is 8.36. The summed E-state index contributed by atoms with van der Waals surface area (Å²) in [5.41, 5.74) is 8.45. The molecule has 11 heteroatoms. The largest absolute Gasteiger partial charge is 0.368 e. The summed E-state index contributed by atoms with van der Waals surface area (Å²) in [6.07, 6.45) is 6.56. The molecular weight excluding hydrogens is 468 g/mol. The molecule has 0 atom stereocenters. The molecule has 0 aliphatic carbocycles. The predicted octanol–water partition coefficient (Wildman–Crippen LogP) is 2.59. The third-order valence-electron chi connectivity index (χ3n) is 5.83. The number of nitrogen functional groups attached to an aromatic ring is 1. The highest BCUT2D eigenvalue weighted by Gasteiger charge is 2.37. The van der Waals surface area contributed by atoms with E-state index in [1.54, 1.807) is 30.7 Å². The molecule has 0 unspecified atom stereocenters. The highest BCUT2D eigenvalue weighted by molar-refractivity contribution is 6.41. The number of hydrogen-bond donors (Lipinski definition) is 3. The highest BCUT2D eigenvalue weighted by atomic mass is 35.5. The molecule has 3 aromatic heterocycles.